The van der Waals surface area contributed by atoms with Crippen LogP contribution in [0.5, 0.6) is 0 Å². The monoisotopic (exact) mass is 385 g/mol. The number of hydrogen-bond donors (Lipinski definition) is 1. The van der Waals surface area contributed by atoms with E-state index in [4.69, 9.17) is 4.74 Å². The number of anilines is 1. The van der Waals surface area contributed by atoms with Gasteiger partial charge in [-0.15, -0.1) is 0 Å². The zero-order valence-corrected chi connectivity index (χ0v) is 15.4. The molecule has 2 rings (SSSR count). The molecule has 0 heterocycles. The molecule has 1 amide bonds. The highest BCUT2D eigenvalue weighted by molar-refractivity contribution is 5.98. The molecule has 0 aliphatic rings. The number of nitrogens with one attached hydrogen (secondary N) is 1. The maximum absolute atomic E-state index is 12.8. The summed E-state index contributed by atoms with van der Waals surface area (Å²) in [6.45, 7) is 1.03. The van der Waals surface area contributed by atoms with Crippen LogP contribution in [0.4, 0.5) is 10.1 Å². The highest BCUT2D eigenvalue weighted by atomic mass is 19.1. The molecule has 0 atom stereocenters. The van der Waals surface area contributed by atoms with E-state index in [1.165, 1.54) is 19.1 Å². The molecule has 0 spiro atoms. The van der Waals surface area contributed by atoms with Crippen LogP contribution < -0.4 is 5.32 Å². The standard InChI is InChI=1S/C21H20FNO5/c1-14(24)15-7-11-18(12-8-15)23-20(26)3-2-4-21(27)28-13-19(25)16-5-9-17(22)10-6-16/h5-12H,2-4,13H2,1H3,(H,23,26). The fraction of sp³-hybridized carbons (Fsp3) is 0.238. The smallest absolute Gasteiger partial charge is 0.306 e. The van der Waals surface area contributed by atoms with Gasteiger partial charge in [0.15, 0.2) is 18.2 Å². The fourth-order valence-corrected chi connectivity index (χ4v) is 2.34. The normalized spacial score (nSPS) is 10.2. The van der Waals surface area contributed by atoms with Crippen molar-refractivity contribution in [3.05, 3.63) is 65.5 Å². The van der Waals surface area contributed by atoms with Gasteiger partial charge in [-0.3, -0.25) is 19.2 Å². The lowest BCUT2D eigenvalue weighted by atomic mass is 10.1. The van der Waals surface area contributed by atoms with Crippen molar-refractivity contribution < 1.29 is 28.3 Å². The molecule has 146 valence electrons. The summed E-state index contributed by atoms with van der Waals surface area (Å²) in [5.41, 5.74) is 1.36. The third-order valence-corrected chi connectivity index (χ3v) is 3.89. The van der Waals surface area contributed by atoms with E-state index in [1.807, 2.05) is 0 Å². The molecule has 0 saturated heterocycles. The van der Waals surface area contributed by atoms with Crippen molar-refractivity contribution in [3.63, 3.8) is 0 Å². The first kappa shape index (κ1) is 21.0. The number of hydrogen-bond acceptors (Lipinski definition) is 5. The number of halogens is 1. The maximum Gasteiger partial charge on any atom is 0.306 e. The van der Waals surface area contributed by atoms with Crippen molar-refractivity contribution >= 4 is 29.1 Å². The van der Waals surface area contributed by atoms with E-state index in [1.54, 1.807) is 24.3 Å². The van der Waals surface area contributed by atoms with Crippen LogP contribution in [0.2, 0.25) is 0 Å². The molecular weight excluding hydrogens is 365 g/mol. The summed E-state index contributed by atoms with van der Waals surface area (Å²) in [4.78, 5) is 46.6. The summed E-state index contributed by atoms with van der Waals surface area (Å²) in [6, 6.07) is 11.4. The zero-order chi connectivity index (χ0) is 20.5. The quantitative estimate of drug-likeness (QED) is 0.527. The lowest BCUT2D eigenvalue weighted by Gasteiger charge is -2.06. The van der Waals surface area contributed by atoms with Gasteiger partial charge in [-0.25, -0.2) is 4.39 Å². The third-order valence-electron chi connectivity index (χ3n) is 3.89. The van der Waals surface area contributed by atoms with Crippen molar-refractivity contribution in [2.24, 2.45) is 0 Å². The molecule has 7 heteroatoms. The van der Waals surface area contributed by atoms with Crippen LogP contribution in [0.25, 0.3) is 0 Å². The largest absolute Gasteiger partial charge is 0.457 e. The third kappa shape index (κ3) is 6.75. The number of benzene rings is 2. The molecule has 0 radical (unpaired) electrons. The molecule has 28 heavy (non-hydrogen) atoms. The maximum atomic E-state index is 12.8. The average molecular weight is 385 g/mol. The van der Waals surface area contributed by atoms with Gasteiger partial charge in [-0.2, -0.15) is 0 Å². The van der Waals surface area contributed by atoms with Crippen LogP contribution in [-0.4, -0.2) is 30.0 Å². The van der Waals surface area contributed by atoms with Crippen LogP contribution in [0.1, 0.15) is 46.9 Å². The molecule has 6 nitrogen and oxygen atoms in total. The van der Waals surface area contributed by atoms with E-state index in [0.29, 0.717) is 11.3 Å². The van der Waals surface area contributed by atoms with Crippen LogP contribution in [0.3, 0.4) is 0 Å². The molecule has 0 saturated carbocycles. The van der Waals surface area contributed by atoms with E-state index in [9.17, 15) is 23.6 Å². The van der Waals surface area contributed by atoms with Crippen molar-refractivity contribution in [1.82, 2.24) is 0 Å². The molecule has 0 aliphatic heterocycles. The minimum atomic E-state index is -0.589. The SMILES string of the molecule is CC(=O)c1ccc(NC(=O)CCCC(=O)OCC(=O)c2ccc(F)cc2)cc1. The number of carbonyl (C=O) groups is 4. The van der Waals surface area contributed by atoms with E-state index < -0.39 is 24.2 Å². The van der Waals surface area contributed by atoms with E-state index in [2.05, 4.69) is 5.32 Å². The number of Topliss-reactive ketones (excluding diaryl/α,β-unsaturated/α-hetero) is 2. The summed E-state index contributed by atoms with van der Waals surface area (Å²) in [5, 5.41) is 2.67. The predicted octanol–water partition coefficient (Wildman–Crippen LogP) is 3.56. The molecule has 0 fully saturated rings. The Kier molecular flexibility index (Phi) is 7.56. The summed E-state index contributed by atoms with van der Waals surface area (Å²) < 4.78 is 17.7. The minimum Gasteiger partial charge on any atom is -0.457 e. The van der Waals surface area contributed by atoms with Gasteiger partial charge in [0, 0.05) is 29.7 Å². The Morgan fingerprint density at radius 2 is 1.50 bits per heavy atom. The van der Waals surface area contributed by atoms with Gasteiger partial charge in [0.25, 0.3) is 0 Å². The topological polar surface area (TPSA) is 89.5 Å². The first-order valence-corrected chi connectivity index (χ1v) is 8.70. The second-order valence-corrected chi connectivity index (χ2v) is 6.13. The Morgan fingerprint density at radius 3 is 2.11 bits per heavy atom. The molecule has 2 aromatic rings. The Morgan fingerprint density at radius 1 is 0.893 bits per heavy atom. The van der Waals surface area contributed by atoms with Gasteiger partial charge < -0.3 is 10.1 Å². The molecule has 1 N–H and O–H groups in total. The van der Waals surface area contributed by atoms with Crippen molar-refractivity contribution in [2.75, 3.05) is 11.9 Å². The number of ether oxygens (including phenoxy) is 1. The minimum absolute atomic E-state index is 0.00656. The molecular formula is C21H20FNO5. The Bertz CT molecular complexity index is 859. The Balaban J connectivity index is 1.67. The molecule has 2 aromatic carbocycles. The zero-order valence-electron chi connectivity index (χ0n) is 15.4. The lowest BCUT2D eigenvalue weighted by Crippen LogP contribution is -2.15. The molecule has 0 aromatic heterocycles. The Hall–Kier alpha value is -3.35. The van der Waals surface area contributed by atoms with E-state index in [0.717, 1.165) is 12.1 Å². The van der Waals surface area contributed by atoms with Crippen molar-refractivity contribution in [1.29, 1.82) is 0 Å². The van der Waals surface area contributed by atoms with E-state index in [-0.39, 0.29) is 36.5 Å². The number of ketones is 2. The summed E-state index contributed by atoms with van der Waals surface area (Å²) in [6.07, 6.45) is 0.365. The van der Waals surface area contributed by atoms with Crippen molar-refractivity contribution in [2.45, 2.75) is 26.2 Å². The summed E-state index contributed by atoms with van der Waals surface area (Å²) >= 11 is 0. The predicted molar refractivity (Wildman–Crippen MR) is 101 cm³/mol. The number of esters is 1. The van der Waals surface area contributed by atoms with E-state index >= 15 is 0 Å². The van der Waals surface area contributed by atoms with Crippen LogP contribution in [-0.2, 0) is 14.3 Å². The lowest BCUT2D eigenvalue weighted by molar-refractivity contribution is -0.142. The summed E-state index contributed by atoms with van der Waals surface area (Å²) in [5.74, 6) is -1.81. The first-order valence-electron chi connectivity index (χ1n) is 8.70. The number of carbonyl (C=O) groups excluding carboxylic acids is 4. The van der Waals surface area contributed by atoms with Crippen molar-refractivity contribution in [3.8, 4) is 0 Å². The second-order valence-electron chi connectivity index (χ2n) is 6.13. The number of amides is 1. The fourth-order valence-electron chi connectivity index (χ4n) is 2.34. The average Bonchev–Trinajstić information content (AvgIpc) is 2.67. The Labute approximate surface area is 161 Å². The highest BCUT2D eigenvalue weighted by Gasteiger charge is 2.11. The van der Waals surface area contributed by atoms with Gasteiger partial charge in [0.1, 0.15) is 5.82 Å². The second kappa shape index (κ2) is 10.1. The highest BCUT2D eigenvalue weighted by Crippen LogP contribution is 2.11. The van der Waals surface area contributed by atoms with Gasteiger partial charge in [0.05, 0.1) is 0 Å². The van der Waals surface area contributed by atoms with Crippen LogP contribution in [0, 0.1) is 5.82 Å². The van der Waals surface area contributed by atoms with Gasteiger partial charge in [-0.1, -0.05) is 0 Å². The van der Waals surface area contributed by atoms with Gasteiger partial charge in [0.2, 0.25) is 5.91 Å². The first-order chi connectivity index (χ1) is 13.3. The molecule has 0 bridgehead atoms. The van der Waals surface area contributed by atoms with Crippen LogP contribution >= 0.6 is 0 Å². The van der Waals surface area contributed by atoms with Gasteiger partial charge in [-0.05, 0) is 61.9 Å². The summed E-state index contributed by atoms with van der Waals surface area (Å²) in [7, 11) is 0. The molecule has 0 aliphatic carbocycles. The molecule has 0 unspecified atom stereocenters. The number of rotatable bonds is 9. The van der Waals surface area contributed by atoms with Gasteiger partial charge >= 0.3 is 5.97 Å². The van der Waals surface area contributed by atoms with Crippen LogP contribution in [0.15, 0.2) is 48.5 Å².